The molecule has 2 heteroatoms. The van der Waals surface area contributed by atoms with Crippen molar-refractivity contribution in [1.82, 2.24) is 0 Å². The van der Waals surface area contributed by atoms with Crippen molar-refractivity contribution >= 4 is 0 Å². The van der Waals surface area contributed by atoms with E-state index in [1.165, 1.54) is 81.4 Å². The molecule has 1 aromatic carbocycles. The second-order valence-corrected chi connectivity index (χ2v) is 7.94. The first-order valence-electron chi connectivity index (χ1n) is 10.5. The topological polar surface area (TPSA) is 23.8 Å². The van der Waals surface area contributed by atoms with Crippen molar-refractivity contribution in [2.45, 2.75) is 84.0 Å². The Morgan fingerprint density at radius 3 is 2.15 bits per heavy atom. The van der Waals surface area contributed by atoms with Gasteiger partial charge in [0, 0.05) is 0 Å². The Morgan fingerprint density at radius 2 is 1.58 bits per heavy atom. The molecule has 2 rings (SSSR count). The van der Waals surface area contributed by atoms with Crippen molar-refractivity contribution in [3.8, 4) is 6.07 Å². The number of benzene rings is 1. The smallest absolute Gasteiger partial charge is 0.195 e. The van der Waals surface area contributed by atoms with E-state index < -0.39 is 5.83 Å². The zero-order valence-corrected chi connectivity index (χ0v) is 16.4. The van der Waals surface area contributed by atoms with Gasteiger partial charge in [-0.15, -0.1) is 0 Å². The fourth-order valence-electron chi connectivity index (χ4n) is 4.12. The van der Waals surface area contributed by atoms with Gasteiger partial charge in [0.15, 0.2) is 5.83 Å². The number of halogens is 1. The molecule has 0 heterocycles. The van der Waals surface area contributed by atoms with Gasteiger partial charge >= 0.3 is 0 Å². The van der Waals surface area contributed by atoms with E-state index in [-0.39, 0.29) is 0 Å². The van der Waals surface area contributed by atoms with E-state index in [1.54, 1.807) is 6.07 Å². The molecule has 0 atom stereocenters. The molecule has 26 heavy (non-hydrogen) atoms. The molecule has 0 unspecified atom stereocenters. The molecular weight excluding hydrogens is 321 g/mol. The molecule has 0 N–H and O–H groups in total. The van der Waals surface area contributed by atoms with Crippen molar-refractivity contribution in [2.75, 3.05) is 0 Å². The first-order chi connectivity index (χ1) is 12.7. The van der Waals surface area contributed by atoms with Crippen LogP contribution in [0.4, 0.5) is 4.39 Å². The summed E-state index contributed by atoms with van der Waals surface area (Å²) in [5.74, 6) is 0.938. The maximum absolute atomic E-state index is 12.8. The number of nitriles is 1. The molecule has 1 aliphatic carbocycles. The summed E-state index contributed by atoms with van der Waals surface area (Å²) >= 11 is 0. The zero-order chi connectivity index (χ0) is 18.6. The van der Waals surface area contributed by atoms with E-state index in [0.717, 1.165) is 18.3 Å². The molecule has 1 fully saturated rings. The van der Waals surface area contributed by atoms with E-state index in [0.29, 0.717) is 6.42 Å². The monoisotopic (exact) mass is 355 g/mol. The van der Waals surface area contributed by atoms with Crippen LogP contribution in [-0.2, 0) is 12.8 Å². The number of rotatable bonds is 10. The van der Waals surface area contributed by atoms with Gasteiger partial charge in [-0.3, -0.25) is 0 Å². The summed E-state index contributed by atoms with van der Waals surface area (Å²) in [7, 11) is 0. The van der Waals surface area contributed by atoms with Gasteiger partial charge in [0.1, 0.15) is 6.07 Å². The number of allylic oxidation sites excluding steroid dienone is 2. The summed E-state index contributed by atoms with van der Waals surface area (Å²) in [6.45, 7) is 2.25. The van der Waals surface area contributed by atoms with E-state index in [2.05, 4.69) is 31.2 Å². The lowest BCUT2D eigenvalue weighted by molar-refractivity contribution is 0.254. The zero-order valence-electron chi connectivity index (χ0n) is 16.4. The molecule has 0 saturated heterocycles. The highest BCUT2D eigenvalue weighted by Gasteiger charge is 2.20. The molecular formula is C24H34FN. The van der Waals surface area contributed by atoms with E-state index in [1.807, 2.05) is 0 Å². The normalized spacial score (nSPS) is 20.7. The van der Waals surface area contributed by atoms with Crippen LogP contribution < -0.4 is 0 Å². The van der Waals surface area contributed by atoms with Crippen LogP contribution >= 0.6 is 0 Å². The average Bonchev–Trinajstić information content (AvgIpc) is 2.68. The highest BCUT2D eigenvalue weighted by Crippen LogP contribution is 2.34. The van der Waals surface area contributed by atoms with Gasteiger partial charge in [0.25, 0.3) is 0 Å². The quantitative estimate of drug-likeness (QED) is 0.319. The molecule has 0 aliphatic heterocycles. The Morgan fingerprint density at radius 1 is 1.00 bits per heavy atom. The third-order valence-electron chi connectivity index (χ3n) is 5.90. The minimum absolute atomic E-state index is 0.630. The van der Waals surface area contributed by atoms with Crippen molar-refractivity contribution in [2.24, 2.45) is 11.8 Å². The van der Waals surface area contributed by atoms with Crippen LogP contribution in [0.5, 0.6) is 0 Å². The molecule has 1 aromatic rings. The first kappa shape index (κ1) is 20.7. The Kier molecular flexibility index (Phi) is 9.46. The molecule has 142 valence electrons. The van der Waals surface area contributed by atoms with Gasteiger partial charge in [-0.2, -0.15) is 9.65 Å². The third kappa shape index (κ3) is 7.73. The minimum Gasteiger partial charge on any atom is -0.195 e. The maximum atomic E-state index is 12.8. The van der Waals surface area contributed by atoms with Gasteiger partial charge in [-0.25, -0.2) is 0 Å². The molecule has 1 nitrogen and oxygen atoms in total. The Bertz CT molecular complexity index is 573. The lowest BCUT2D eigenvalue weighted by Gasteiger charge is -2.28. The summed E-state index contributed by atoms with van der Waals surface area (Å²) < 4.78 is 12.8. The highest BCUT2D eigenvalue weighted by atomic mass is 19.1. The number of aryl methyl sites for hydroxylation is 2. The Hall–Kier alpha value is -1.62. The number of unbranched alkanes of at least 4 members (excludes halogenated alkanes) is 2. The molecule has 1 saturated carbocycles. The number of hydrogen-bond acceptors (Lipinski definition) is 1. The van der Waals surface area contributed by atoms with Gasteiger partial charge in [-0.05, 0) is 67.6 Å². The van der Waals surface area contributed by atoms with Crippen molar-refractivity contribution in [3.63, 3.8) is 0 Å². The maximum Gasteiger partial charge on any atom is 0.196 e. The molecule has 0 radical (unpaired) electrons. The molecule has 0 amide bonds. The van der Waals surface area contributed by atoms with Crippen molar-refractivity contribution < 1.29 is 4.39 Å². The van der Waals surface area contributed by atoms with Crippen LogP contribution in [0.2, 0.25) is 0 Å². The SMILES string of the molecule is CCCCCc1ccc(CCC2CCC(CCC=C(F)C#N)CC2)cc1. The molecule has 1 aliphatic rings. The third-order valence-corrected chi connectivity index (χ3v) is 5.90. The van der Waals surface area contributed by atoms with E-state index in [4.69, 9.17) is 5.26 Å². The standard InChI is InChI=1S/C24H34FN/c1-2-3-4-6-20-9-13-22(14-10-20)17-18-23-15-11-21(12-16-23)7-5-8-24(25)19-26/h8-10,13-14,21,23H,2-7,11-12,15-18H2,1H3. The van der Waals surface area contributed by atoms with Crippen LogP contribution in [0.1, 0.15) is 82.3 Å². The number of hydrogen-bond donors (Lipinski definition) is 0. The number of nitrogens with zero attached hydrogens (tertiary/aromatic N) is 1. The van der Waals surface area contributed by atoms with E-state index in [9.17, 15) is 4.39 Å². The molecule has 0 spiro atoms. The largest absolute Gasteiger partial charge is 0.196 e. The second-order valence-electron chi connectivity index (χ2n) is 7.94. The molecule has 0 aromatic heterocycles. The van der Waals surface area contributed by atoms with Gasteiger partial charge < -0.3 is 0 Å². The van der Waals surface area contributed by atoms with E-state index >= 15 is 0 Å². The Labute approximate surface area is 159 Å². The fraction of sp³-hybridized carbons (Fsp3) is 0.625. The van der Waals surface area contributed by atoms with Crippen molar-refractivity contribution in [3.05, 3.63) is 47.3 Å². The lowest BCUT2D eigenvalue weighted by atomic mass is 9.78. The van der Waals surface area contributed by atoms with Crippen LogP contribution in [-0.4, -0.2) is 0 Å². The summed E-state index contributed by atoms with van der Waals surface area (Å²) in [5.41, 5.74) is 2.95. The predicted octanol–water partition coefficient (Wildman–Crippen LogP) is 7.32. The summed E-state index contributed by atoms with van der Waals surface area (Å²) in [4.78, 5) is 0. The van der Waals surface area contributed by atoms with Gasteiger partial charge in [0.05, 0.1) is 0 Å². The minimum atomic E-state index is -0.630. The summed E-state index contributed by atoms with van der Waals surface area (Å²) in [6.07, 6.45) is 16.0. The van der Waals surface area contributed by atoms with Crippen LogP contribution in [0, 0.1) is 23.2 Å². The van der Waals surface area contributed by atoms with Crippen LogP contribution in [0.15, 0.2) is 36.2 Å². The Balaban J connectivity index is 1.63. The predicted molar refractivity (Wildman–Crippen MR) is 107 cm³/mol. The average molecular weight is 356 g/mol. The van der Waals surface area contributed by atoms with Crippen LogP contribution in [0.25, 0.3) is 0 Å². The van der Waals surface area contributed by atoms with Gasteiger partial charge in [0.2, 0.25) is 0 Å². The van der Waals surface area contributed by atoms with Gasteiger partial charge in [-0.1, -0.05) is 69.7 Å². The highest BCUT2D eigenvalue weighted by molar-refractivity contribution is 5.22. The van der Waals surface area contributed by atoms with Crippen molar-refractivity contribution in [1.29, 1.82) is 5.26 Å². The summed E-state index contributed by atoms with van der Waals surface area (Å²) in [6, 6.07) is 10.8. The lowest BCUT2D eigenvalue weighted by Crippen LogP contribution is -2.15. The summed E-state index contributed by atoms with van der Waals surface area (Å²) in [5, 5.41) is 8.43. The second kappa shape index (κ2) is 11.9. The fourth-order valence-corrected chi connectivity index (χ4v) is 4.12. The van der Waals surface area contributed by atoms with Crippen LogP contribution in [0.3, 0.4) is 0 Å². The molecule has 0 bridgehead atoms. The first-order valence-corrected chi connectivity index (χ1v) is 10.5.